The van der Waals surface area contributed by atoms with Crippen LogP contribution in [-0.2, 0) is 0 Å². The first-order valence-corrected chi connectivity index (χ1v) is 4.38. The molecule has 0 amide bonds. The first kappa shape index (κ1) is 10.3. The number of halogens is 3. The number of nitrogens with two attached hydrogens (primary N) is 1. The highest BCUT2D eigenvalue weighted by atomic mass is 79.9. The van der Waals surface area contributed by atoms with Crippen LogP contribution >= 0.6 is 15.9 Å². The molecule has 0 aliphatic carbocycles. The molecule has 70 valence electrons. The Kier molecular flexibility index (Phi) is 3.17. The lowest BCUT2D eigenvalue weighted by Gasteiger charge is -2.09. The molecular formula is C9H8BrF2N. The van der Waals surface area contributed by atoms with Gasteiger partial charge in [-0.3, -0.25) is 0 Å². The highest BCUT2D eigenvalue weighted by molar-refractivity contribution is 9.10. The number of benzene rings is 1. The summed E-state index contributed by atoms with van der Waals surface area (Å²) in [4.78, 5) is 0. The van der Waals surface area contributed by atoms with E-state index in [2.05, 4.69) is 22.5 Å². The summed E-state index contributed by atoms with van der Waals surface area (Å²) in [5.41, 5.74) is 5.28. The Morgan fingerprint density at radius 3 is 2.23 bits per heavy atom. The van der Waals surface area contributed by atoms with Crippen molar-refractivity contribution in [2.24, 2.45) is 5.73 Å². The van der Waals surface area contributed by atoms with Crippen molar-refractivity contribution in [1.82, 2.24) is 0 Å². The predicted molar refractivity (Wildman–Crippen MR) is 51.2 cm³/mol. The van der Waals surface area contributed by atoms with Crippen LogP contribution in [0, 0.1) is 11.6 Å². The smallest absolute Gasteiger partial charge is 0.132 e. The van der Waals surface area contributed by atoms with Crippen LogP contribution in [0.4, 0.5) is 8.78 Å². The zero-order chi connectivity index (χ0) is 10.0. The second-order valence-corrected chi connectivity index (χ2v) is 3.46. The third-order valence-electron chi connectivity index (χ3n) is 1.63. The molecule has 0 saturated heterocycles. The molecule has 1 unspecified atom stereocenters. The molecule has 4 heteroatoms. The highest BCUT2D eigenvalue weighted by Crippen LogP contribution is 2.23. The van der Waals surface area contributed by atoms with E-state index in [0.29, 0.717) is 4.47 Å². The van der Waals surface area contributed by atoms with Crippen molar-refractivity contribution in [3.05, 3.63) is 46.5 Å². The standard InChI is InChI=1S/C9H8BrF2N/c1-2-8(13)9-6(11)3-5(10)4-7(9)12/h2-4,8H,1,13H2. The molecule has 1 nitrogen and oxygen atoms in total. The molecule has 1 atom stereocenters. The Balaban J connectivity index is 3.28. The largest absolute Gasteiger partial charge is 0.321 e. The third kappa shape index (κ3) is 2.14. The number of rotatable bonds is 2. The topological polar surface area (TPSA) is 26.0 Å². The number of hydrogen-bond acceptors (Lipinski definition) is 1. The zero-order valence-electron chi connectivity index (χ0n) is 6.73. The van der Waals surface area contributed by atoms with E-state index in [1.165, 1.54) is 18.2 Å². The van der Waals surface area contributed by atoms with Crippen molar-refractivity contribution in [3.8, 4) is 0 Å². The Hall–Kier alpha value is -0.740. The van der Waals surface area contributed by atoms with E-state index in [-0.39, 0.29) is 5.56 Å². The predicted octanol–water partition coefficient (Wildman–Crippen LogP) is 2.91. The molecule has 1 aromatic rings. The fourth-order valence-electron chi connectivity index (χ4n) is 0.990. The quantitative estimate of drug-likeness (QED) is 0.800. The van der Waals surface area contributed by atoms with E-state index in [1.807, 2.05) is 0 Å². The Labute approximate surface area is 83.4 Å². The van der Waals surface area contributed by atoms with Crippen LogP contribution in [0.1, 0.15) is 11.6 Å². The van der Waals surface area contributed by atoms with Crippen LogP contribution in [0.25, 0.3) is 0 Å². The van der Waals surface area contributed by atoms with Gasteiger partial charge in [-0.2, -0.15) is 0 Å². The van der Waals surface area contributed by atoms with Gasteiger partial charge >= 0.3 is 0 Å². The van der Waals surface area contributed by atoms with Gasteiger partial charge in [0, 0.05) is 10.0 Å². The van der Waals surface area contributed by atoms with Crippen LogP contribution in [-0.4, -0.2) is 0 Å². The average Bonchev–Trinajstić information content (AvgIpc) is 2.02. The summed E-state index contributed by atoms with van der Waals surface area (Å²) < 4.78 is 26.7. The first-order valence-electron chi connectivity index (χ1n) is 3.59. The Bertz CT molecular complexity index is 315. The Morgan fingerprint density at radius 1 is 1.38 bits per heavy atom. The van der Waals surface area contributed by atoms with Crippen LogP contribution in [0.2, 0.25) is 0 Å². The Morgan fingerprint density at radius 2 is 1.85 bits per heavy atom. The zero-order valence-corrected chi connectivity index (χ0v) is 8.31. The summed E-state index contributed by atoms with van der Waals surface area (Å²) in [5, 5.41) is 0. The third-order valence-corrected chi connectivity index (χ3v) is 2.09. The average molecular weight is 248 g/mol. The molecule has 0 saturated carbocycles. The lowest BCUT2D eigenvalue weighted by molar-refractivity contribution is 0.545. The summed E-state index contributed by atoms with van der Waals surface area (Å²) in [7, 11) is 0. The molecule has 0 aromatic heterocycles. The van der Waals surface area contributed by atoms with E-state index in [1.54, 1.807) is 0 Å². The van der Waals surface area contributed by atoms with Crippen molar-refractivity contribution in [3.63, 3.8) is 0 Å². The lowest BCUT2D eigenvalue weighted by atomic mass is 10.1. The van der Waals surface area contributed by atoms with E-state index >= 15 is 0 Å². The van der Waals surface area contributed by atoms with E-state index in [4.69, 9.17) is 5.73 Å². The summed E-state index contributed by atoms with van der Waals surface area (Å²) in [6.07, 6.45) is 1.29. The van der Waals surface area contributed by atoms with Crippen molar-refractivity contribution >= 4 is 15.9 Å². The van der Waals surface area contributed by atoms with Gasteiger partial charge in [0.2, 0.25) is 0 Å². The molecule has 0 heterocycles. The minimum Gasteiger partial charge on any atom is -0.321 e. The molecule has 0 aliphatic rings. The SMILES string of the molecule is C=CC(N)c1c(F)cc(Br)cc1F. The molecule has 0 bridgehead atoms. The second-order valence-electron chi connectivity index (χ2n) is 2.54. The molecule has 0 radical (unpaired) electrons. The maximum absolute atomic E-state index is 13.2. The summed E-state index contributed by atoms with van der Waals surface area (Å²) in [5.74, 6) is -1.33. The van der Waals surface area contributed by atoms with Gasteiger partial charge in [-0.15, -0.1) is 6.58 Å². The maximum atomic E-state index is 13.2. The molecule has 1 rings (SSSR count). The summed E-state index contributed by atoms with van der Waals surface area (Å²) in [6.45, 7) is 3.37. The minimum atomic E-state index is -0.812. The van der Waals surface area contributed by atoms with Crippen LogP contribution in [0.5, 0.6) is 0 Å². The molecule has 0 spiro atoms. The summed E-state index contributed by atoms with van der Waals surface area (Å²) >= 11 is 2.97. The molecular weight excluding hydrogens is 240 g/mol. The molecule has 0 aliphatic heterocycles. The fourth-order valence-corrected chi connectivity index (χ4v) is 1.39. The van der Waals surface area contributed by atoms with Gasteiger partial charge in [-0.1, -0.05) is 22.0 Å². The maximum Gasteiger partial charge on any atom is 0.132 e. The van der Waals surface area contributed by atoms with Crippen molar-refractivity contribution in [2.75, 3.05) is 0 Å². The van der Waals surface area contributed by atoms with Gasteiger partial charge in [-0.25, -0.2) is 8.78 Å². The van der Waals surface area contributed by atoms with E-state index in [9.17, 15) is 8.78 Å². The van der Waals surface area contributed by atoms with Crippen molar-refractivity contribution in [2.45, 2.75) is 6.04 Å². The van der Waals surface area contributed by atoms with Crippen LogP contribution < -0.4 is 5.73 Å². The van der Waals surface area contributed by atoms with Crippen LogP contribution in [0.3, 0.4) is 0 Å². The van der Waals surface area contributed by atoms with Gasteiger partial charge in [0.25, 0.3) is 0 Å². The molecule has 2 N–H and O–H groups in total. The van der Waals surface area contributed by atoms with E-state index in [0.717, 1.165) is 0 Å². The highest BCUT2D eigenvalue weighted by Gasteiger charge is 2.14. The summed E-state index contributed by atoms with van der Waals surface area (Å²) in [6, 6.07) is 1.52. The monoisotopic (exact) mass is 247 g/mol. The normalized spacial score (nSPS) is 12.6. The first-order chi connectivity index (χ1) is 6.06. The van der Waals surface area contributed by atoms with Gasteiger partial charge in [0.1, 0.15) is 11.6 Å². The second kappa shape index (κ2) is 3.98. The van der Waals surface area contributed by atoms with E-state index < -0.39 is 17.7 Å². The molecule has 13 heavy (non-hydrogen) atoms. The van der Waals surface area contributed by atoms with Crippen molar-refractivity contribution < 1.29 is 8.78 Å². The molecule has 0 fully saturated rings. The lowest BCUT2D eigenvalue weighted by Crippen LogP contribution is -2.11. The van der Waals surface area contributed by atoms with Crippen LogP contribution in [0.15, 0.2) is 29.3 Å². The van der Waals surface area contributed by atoms with Gasteiger partial charge in [0.05, 0.1) is 6.04 Å². The molecule has 1 aromatic carbocycles. The van der Waals surface area contributed by atoms with Gasteiger partial charge in [-0.05, 0) is 12.1 Å². The number of hydrogen-bond donors (Lipinski definition) is 1. The fraction of sp³-hybridized carbons (Fsp3) is 0.111. The van der Waals surface area contributed by atoms with Crippen molar-refractivity contribution in [1.29, 1.82) is 0 Å². The minimum absolute atomic E-state index is 0.154. The van der Waals surface area contributed by atoms with Gasteiger partial charge in [0.15, 0.2) is 0 Å². The van der Waals surface area contributed by atoms with Gasteiger partial charge < -0.3 is 5.73 Å².